The van der Waals surface area contributed by atoms with Gasteiger partial charge in [0.25, 0.3) is 0 Å². The molecule has 1 aromatic heterocycles. The fourth-order valence-electron chi connectivity index (χ4n) is 1.66. The van der Waals surface area contributed by atoms with Gasteiger partial charge in [0.2, 0.25) is 0 Å². The van der Waals surface area contributed by atoms with E-state index in [9.17, 15) is 9.59 Å². The second-order valence-corrected chi connectivity index (χ2v) is 5.04. The molecule has 2 amide bonds. The van der Waals surface area contributed by atoms with Crippen molar-refractivity contribution in [3.05, 3.63) is 22.4 Å². The van der Waals surface area contributed by atoms with Gasteiger partial charge in [-0.05, 0) is 24.3 Å². The molecule has 0 unspecified atom stereocenters. The Morgan fingerprint density at radius 3 is 3.11 bits per heavy atom. The van der Waals surface area contributed by atoms with Gasteiger partial charge in [0.15, 0.2) is 0 Å². The van der Waals surface area contributed by atoms with Crippen molar-refractivity contribution < 1.29 is 14.3 Å². The van der Waals surface area contributed by atoms with Crippen LogP contribution in [-0.2, 0) is 14.3 Å². The Kier molecular flexibility index (Phi) is 5.05. The molecule has 1 aliphatic heterocycles. The van der Waals surface area contributed by atoms with Crippen molar-refractivity contribution in [3.63, 3.8) is 0 Å². The number of rotatable bonds is 4. The van der Waals surface area contributed by atoms with E-state index in [1.807, 2.05) is 17.5 Å². The number of carbonyl (C=O) groups excluding carboxylic acids is 2. The van der Waals surface area contributed by atoms with Crippen molar-refractivity contribution in [3.8, 4) is 0 Å². The van der Waals surface area contributed by atoms with E-state index in [2.05, 4.69) is 15.8 Å². The number of carbonyl (C=O) groups is 2. The van der Waals surface area contributed by atoms with E-state index in [0.717, 1.165) is 24.3 Å². The molecule has 1 saturated heterocycles. The summed E-state index contributed by atoms with van der Waals surface area (Å²) in [6.45, 7) is 1.08. The lowest BCUT2D eigenvalue weighted by Gasteiger charge is -2.09. The summed E-state index contributed by atoms with van der Waals surface area (Å²) < 4.78 is 5.34. The van der Waals surface area contributed by atoms with Crippen LogP contribution in [-0.4, -0.2) is 37.3 Å². The normalized spacial score (nSPS) is 18.6. The van der Waals surface area contributed by atoms with Gasteiger partial charge in [-0.3, -0.25) is 9.59 Å². The Hall–Kier alpha value is -1.73. The van der Waals surface area contributed by atoms with Crippen LogP contribution in [0.4, 0.5) is 0 Å². The minimum absolute atomic E-state index is 0.0198. The molecule has 1 fully saturated rings. The number of nitrogens with zero attached hydrogens (tertiary/aromatic N) is 1. The monoisotopic (exact) mass is 281 g/mol. The zero-order valence-electron chi connectivity index (χ0n) is 10.3. The molecule has 0 aromatic carbocycles. The van der Waals surface area contributed by atoms with Gasteiger partial charge in [-0.25, -0.2) is 5.43 Å². The van der Waals surface area contributed by atoms with Crippen molar-refractivity contribution in [1.82, 2.24) is 10.7 Å². The third kappa shape index (κ3) is 4.46. The Bertz CT molecular complexity index is 453. The summed E-state index contributed by atoms with van der Waals surface area (Å²) in [5, 5.41) is 8.13. The molecule has 102 valence electrons. The number of hydrogen-bond donors (Lipinski definition) is 2. The number of hydrazone groups is 1. The molecule has 7 heteroatoms. The van der Waals surface area contributed by atoms with Gasteiger partial charge in [-0.1, -0.05) is 6.07 Å². The van der Waals surface area contributed by atoms with Crippen LogP contribution in [0.25, 0.3) is 0 Å². The minimum atomic E-state index is -0.772. The van der Waals surface area contributed by atoms with Crippen LogP contribution in [0, 0.1) is 0 Å². The number of nitrogens with one attached hydrogen (secondary N) is 2. The largest absolute Gasteiger partial charge is 0.376 e. The van der Waals surface area contributed by atoms with E-state index in [1.165, 1.54) is 17.6 Å². The maximum absolute atomic E-state index is 11.4. The third-order valence-corrected chi connectivity index (χ3v) is 3.43. The zero-order chi connectivity index (χ0) is 13.5. The standard InChI is InChI=1S/C12H15N3O3S/c16-11(13-7-9-3-1-5-18-9)12(17)15-14-8-10-4-2-6-19-10/h2,4,6,8-9H,1,3,5,7H2,(H,13,16)(H,15,17)/b14-8-/t9-/m0/s1. The van der Waals surface area contributed by atoms with Crippen LogP contribution < -0.4 is 10.7 Å². The minimum Gasteiger partial charge on any atom is -0.376 e. The molecule has 2 N–H and O–H groups in total. The fourth-order valence-corrected chi connectivity index (χ4v) is 2.25. The highest BCUT2D eigenvalue weighted by molar-refractivity contribution is 7.11. The highest BCUT2D eigenvalue weighted by atomic mass is 32.1. The zero-order valence-corrected chi connectivity index (χ0v) is 11.1. The first kappa shape index (κ1) is 13.7. The summed E-state index contributed by atoms with van der Waals surface area (Å²) in [6.07, 6.45) is 3.43. The van der Waals surface area contributed by atoms with Crippen LogP contribution in [0.15, 0.2) is 22.6 Å². The van der Waals surface area contributed by atoms with Gasteiger partial charge < -0.3 is 10.1 Å². The van der Waals surface area contributed by atoms with Crippen molar-refractivity contribution >= 4 is 29.4 Å². The molecule has 0 saturated carbocycles. The van der Waals surface area contributed by atoms with E-state index in [1.54, 1.807) is 0 Å². The van der Waals surface area contributed by atoms with Crippen LogP contribution in [0.1, 0.15) is 17.7 Å². The van der Waals surface area contributed by atoms with Gasteiger partial charge in [0.1, 0.15) is 0 Å². The average molecular weight is 281 g/mol. The second kappa shape index (κ2) is 7.01. The van der Waals surface area contributed by atoms with Gasteiger partial charge >= 0.3 is 11.8 Å². The van der Waals surface area contributed by atoms with Crippen molar-refractivity contribution in [1.29, 1.82) is 0 Å². The van der Waals surface area contributed by atoms with Gasteiger partial charge in [0.05, 0.1) is 12.3 Å². The lowest BCUT2D eigenvalue weighted by Crippen LogP contribution is -2.41. The molecular weight excluding hydrogens is 266 g/mol. The van der Waals surface area contributed by atoms with E-state index in [0.29, 0.717) is 6.54 Å². The summed E-state index contributed by atoms with van der Waals surface area (Å²) in [6, 6.07) is 3.74. The first-order valence-corrected chi connectivity index (χ1v) is 6.90. The molecular formula is C12H15N3O3S. The highest BCUT2D eigenvalue weighted by Gasteiger charge is 2.18. The van der Waals surface area contributed by atoms with E-state index in [4.69, 9.17) is 4.74 Å². The summed E-state index contributed by atoms with van der Waals surface area (Å²) in [4.78, 5) is 23.7. The van der Waals surface area contributed by atoms with Gasteiger partial charge in [-0.15, -0.1) is 11.3 Å². The molecule has 0 spiro atoms. The molecule has 2 heterocycles. The Labute approximate surface area is 114 Å². The van der Waals surface area contributed by atoms with Crippen molar-refractivity contribution in [2.24, 2.45) is 5.10 Å². The van der Waals surface area contributed by atoms with Gasteiger partial charge in [-0.2, -0.15) is 5.10 Å². The number of thiophene rings is 1. The predicted molar refractivity (Wildman–Crippen MR) is 72.0 cm³/mol. The average Bonchev–Trinajstić information content (AvgIpc) is 3.08. The van der Waals surface area contributed by atoms with Crippen LogP contribution in [0.2, 0.25) is 0 Å². The lowest BCUT2D eigenvalue weighted by atomic mass is 10.2. The van der Waals surface area contributed by atoms with Crippen LogP contribution in [0.5, 0.6) is 0 Å². The summed E-state index contributed by atoms with van der Waals surface area (Å²) >= 11 is 1.49. The summed E-state index contributed by atoms with van der Waals surface area (Å²) in [5.74, 6) is -1.47. The van der Waals surface area contributed by atoms with E-state index < -0.39 is 11.8 Å². The highest BCUT2D eigenvalue weighted by Crippen LogP contribution is 2.10. The maximum atomic E-state index is 11.4. The topological polar surface area (TPSA) is 79.8 Å². The number of amides is 2. The molecule has 0 radical (unpaired) electrons. The Balaban J connectivity index is 1.68. The number of ether oxygens (including phenoxy) is 1. The molecule has 0 aliphatic carbocycles. The lowest BCUT2D eigenvalue weighted by molar-refractivity contribution is -0.139. The quantitative estimate of drug-likeness (QED) is 0.479. The Morgan fingerprint density at radius 1 is 1.53 bits per heavy atom. The van der Waals surface area contributed by atoms with Crippen molar-refractivity contribution in [2.45, 2.75) is 18.9 Å². The molecule has 2 rings (SSSR count). The van der Waals surface area contributed by atoms with E-state index in [-0.39, 0.29) is 6.10 Å². The molecule has 0 bridgehead atoms. The predicted octanol–water partition coefficient (Wildman–Crippen LogP) is 0.493. The molecule has 19 heavy (non-hydrogen) atoms. The summed E-state index contributed by atoms with van der Waals surface area (Å²) in [7, 11) is 0. The first-order chi connectivity index (χ1) is 9.25. The number of hydrogen-bond acceptors (Lipinski definition) is 5. The van der Waals surface area contributed by atoms with E-state index >= 15 is 0 Å². The maximum Gasteiger partial charge on any atom is 0.329 e. The van der Waals surface area contributed by atoms with Crippen molar-refractivity contribution in [2.75, 3.05) is 13.2 Å². The van der Waals surface area contributed by atoms with Gasteiger partial charge in [0, 0.05) is 18.0 Å². The molecule has 1 aromatic rings. The second-order valence-electron chi connectivity index (χ2n) is 4.06. The SMILES string of the molecule is O=C(NC[C@@H]1CCCO1)C(=O)N/N=C\c1cccs1. The molecule has 1 atom stereocenters. The molecule has 6 nitrogen and oxygen atoms in total. The van der Waals surface area contributed by atoms with Crippen LogP contribution in [0.3, 0.4) is 0 Å². The molecule has 1 aliphatic rings. The smallest absolute Gasteiger partial charge is 0.329 e. The third-order valence-electron chi connectivity index (χ3n) is 2.62. The fraction of sp³-hybridized carbons (Fsp3) is 0.417. The first-order valence-electron chi connectivity index (χ1n) is 6.02. The van der Waals surface area contributed by atoms with Crippen LogP contribution >= 0.6 is 11.3 Å². The summed E-state index contributed by atoms with van der Waals surface area (Å²) in [5.41, 5.74) is 2.18. The Morgan fingerprint density at radius 2 is 2.42 bits per heavy atom.